The van der Waals surface area contributed by atoms with E-state index in [2.05, 4.69) is 0 Å². The van der Waals surface area contributed by atoms with Crippen LogP contribution in [0.2, 0.25) is 0 Å². The molecule has 0 aromatic rings. The first-order valence-electron chi connectivity index (χ1n) is 7.92. The quantitative estimate of drug-likeness (QED) is 0.524. The van der Waals surface area contributed by atoms with Gasteiger partial charge in [-0.05, 0) is 33.6 Å². The molecule has 0 N–H and O–H groups in total. The Morgan fingerprint density at radius 2 is 1.83 bits per heavy atom. The molecule has 7 heteroatoms. The SMILES string of the molecule is COCCOCCC1(C(=O)OC)CCCN1C(=O)OC(C)(C)C. The molecule has 1 fully saturated rings. The molecule has 23 heavy (non-hydrogen) atoms. The lowest BCUT2D eigenvalue weighted by atomic mass is 9.92. The van der Waals surface area contributed by atoms with Crippen molar-refractivity contribution in [1.29, 1.82) is 0 Å². The molecular formula is C16H29NO6. The number of methoxy groups -OCH3 is 2. The van der Waals surface area contributed by atoms with E-state index in [1.54, 1.807) is 27.9 Å². The lowest BCUT2D eigenvalue weighted by Gasteiger charge is -2.36. The molecule has 0 aromatic heterocycles. The second-order valence-electron chi connectivity index (χ2n) is 6.61. The fraction of sp³-hybridized carbons (Fsp3) is 0.875. The number of carbonyl (C=O) groups excluding carboxylic acids is 2. The molecule has 0 aliphatic carbocycles. The molecule has 0 bridgehead atoms. The summed E-state index contributed by atoms with van der Waals surface area (Å²) in [6.07, 6.45) is 1.17. The normalized spacial score (nSPS) is 21.3. The van der Waals surface area contributed by atoms with Gasteiger partial charge in [0.25, 0.3) is 0 Å². The molecule has 0 spiro atoms. The molecule has 0 saturated carbocycles. The van der Waals surface area contributed by atoms with Crippen molar-refractivity contribution < 1.29 is 28.5 Å². The highest BCUT2D eigenvalue weighted by Crippen LogP contribution is 2.35. The predicted octanol–water partition coefficient (Wildman–Crippen LogP) is 1.98. The fourth-order valence-corrected chi connectivity index (χ4v) is 2.71. The van der Waals surface area contributed by atoms with Gasteiger partial charge in [-0.2, -0.15) is 0 Å². The van der Waals surface area contributed by atoms with Gasteiger partial charge in [-0.15, -0.1) is 0 Å². The van der Waals surface area contributed by atoms with Crippen molar-refractivity contribution in [3.05, 3.63) is 0 Å². The second-order valence-corrected chi connectivity index (χ2v) is 6.61. The van der Waals surface area contributed by atoms with Crippen LogP contribution in [0, 0.1) is 0 Å². The number of ether oxygens (including phenoxy) is 4. The molecule has 1 aliphatic rings. The van der Waals surface area contributed by atoms with E-state index >= 15 is 0 Å². The Hall–Kier alpha value is -1.34. The van der Waals surface area contributed by atoms with Gasteiger partial charge in [-0.1, -0.05) is 0 Å². The molecule has 134 valence electrons. The van der Waals surface area contributed by atoms with Crippen molar-refractivity contribution in [2.24, 2.45) is 0 Å². The summed E-state index contributed by atoms with van der Waals surface area (Å²) in [5, 5.41) is 0. The van der Waals surface area contributed by atoms with Crippen molar-refractivity contribution in [1.82, 2.24) is 4.90 Å². The summed E-state index contributed by atoms with van der Waals surface area (Å²) >= 11 is 0. The summed E-state index contributed by atoms with van der Waals surface area (Å²) in [5.74, 6) is -0.420. The monoisotopic (exact) mass is 331 g/mol. The minimum absolute atomic E-state index is 0.345. The smallest absolute Gasteiger partial charge is 0.411 e. The van der Waals surface area contributed by atoms with Crippen LogP contribution in [0.25, 0.3) is 0 Å². The van der Waals surface area contributed by atoms with Gasteiger partial charge in [-0.25, -0.2) is 9.59 Å². The number of amides is 1. The van der Waals surface area contributed by atoms with Crippen molar-refractivity contribution in [3.63, 3.8) is 0 Å². The van der Waals surface area contributed by atoms with E-state index in [1.807, 2.05) is 0 Å². The standard InChI is InChI=1S/C16H29NO6/c1-15(2,3)23-14(19)17-9-6-7-16(17,13(18)21-5)8-10-22-12-11-20-4/h6-12H2,1-5H3. The summed E-state index contributed by atoms with van der Waals surface area (Å²) in [6, 6.07) is 0. The van der Waals surface area contributed by atoms with Gasteiger partial charge < -0.3 is 18.9 Å². The van der Waals surface area contributed by atoms with Gasteiger partial charge in [-0.3, -0.25) is 4.90 Å². The summed E-state index contributed by atoms with van der Waals surface area (Å²) in [6.45, 7) is 7.15. The van der Waals surface area contributed by atoms with Gasteiger partial charge in [0.05, 0.1) is 20.3 Å². The number of likely N-dealkylation sites (tertiary alicyclic amines) is 1. The van der Waals surface area contributed by atoms with Crippen molar-refractivity contribution in [2.75, 3.05) is 40.6 Å². The lowest BCUT2D eigenvalue weighted by molar-refractivity contribution is -0.154. The third-order valence-corrected chi connectivity index (χ3v) is 3.76. The van der Waals surface area contributed by atoms with E-state index < -0.39 is 23.2 Å². The molecule has 0 radical (unpaired) electrons. The summed E-state index contributed by atoms with van der Waals surface area (Å²) in [7, 11) is 2.93. The molecule has 1 amide bonds. The maximum absolute atomic E-state index is 12.5. The van der Waals surface area contributed by atoms with Crippen molar-refractivity contribution in [3.8, 4) is 0 Å². The minimum atomic E-state index is -1.01. The molecule has 1 unspecified atom stereocenters. The van der Waals surface area contributed by atoms with E-state index in [9.17, 15) is 9.59 Å². The van der Waals surface area contributed by atoms with Crippen LogP contribution in [-0.4, -0.2) is 68.7 Å². The Kier molecular flexibility index (Phi) is 7.28. The Morgan fingerprint density at radius 3 is 2.39 bits per heavy atom. The Bertz CT molecular complexity index is 406. The van der Waals surface area contributed by atoms with Crippen LogP contribution < -0.4 is 0 Å². The maximum atomic E-state index is 12.5. The van der Waals surface area contributed by atoms with Crippen LogP contribution >= 0.6 is 0 Å². The fourth-order valence-electron chi connectivity index (χ4n) is 2.71. The zero-order valence-electron chi connectivity index (χ0n) is 14.8. The van der Waals surface area contributed by atoms with Gasteiger partial charge >= 0.3 is 12.1 Å². The Morgan fingerprint density at radius 1 is 1.13 bits per heavy atom. The summed E-state index contributed by atoms with van der Waals surface area (Å²) in [4.78, 5) is 26.3. The third-order valence-electron chi connectivity index (χ3n) is 3.76. The van der Waals surface area contributed by atoms with Gasteiger partial charge in [0.2, 0.25) is 0 Å². The second kappa shape index (κ2) is 8.49. The molecule has 7 nitrogen and oxygen atoms in total. The van der Waals surface area contributed by atoms with E-state index in [4.69, 9.17) is 18.9 Å². The van der Waals surface area contributed by atoms with E-state index in [0.717, 1.165) is 6.42 Å². The molecule has 0 aromatic carbocycles. The van der Waals surface area contributed by atoms with Gasteiger partial charge in [0.1, 0.15) is 11.1 Å². The molecule has 1 saturated heterocycles. The third kappa shape index (κ3) is 5.35. The highest BCUT2D eigenvalue weighted by molar-refractivity contribution is 5.86. The summed E-state index contributed by atoms with van der Waals surface area (Å²) in [5.41, 5.74) is -1.62. The molecule has 1 aliphatic heterocycles. The lowest BCUT2D eigenvalue weighted by Crippen LogP contribution is -2.55. The topological polar surface area (TPSA) is 74.3 Å². The largest absolute Gasteiger partial charge is 0.467 e. The Balaban J connectivity index is 2.81. The average Bonchev–Trinajstić information content (AvgIpc) is 2.89. The Labute approximate surface area is 138 Å². The van der Waals surface area contributed by atoms with E-state index in [0.29, 0.717) is 39.2 Å². The predicted molar refractivity (Wildman–Crippen MR) is 84.2 cm³/mol. The number of nitrogens with zero attached hydrogens (tertiary/aromatic N) is 1. The van der Waals surface area contributed by atoms with Crippen LogP contribution in [0.15, 0.2) is 0 Å². The van der Waals surface area contributed by atoms with Crippen LogP contribution in [0.5, 0.6) is 0 Å². The highest BCUT2D eigenvalue weighted by atomic mass is 16.6. The number of esters is 1. The minimum Gasteiger partial charge on any atom is -0.467 e. The first kappa shape index (κ1) is 19.7. The number of carbonyl (C=O) groups is 2. The van der Waals surface area contributed by atoms with Crippen LogP contribution in [0.3, 0.4) is 0 Å². The molecular weight excluding hydrogens is 302 g/mol. The number of rotatable bonds is 7. The maximum Gasteiger partial charge on any atom is 0.411 e. The highest BCUT2D eigenvalue weighted by Gasteiger charge is 2.51. The molecule has 1 atom stereocenters. The van der Waals surface area contributed by atoms with Crippen molar-refractivity contribution >= 4 is 12.1 Å². The van der Waals surface area contributed by atoms with E-state index in [-0.39, 0.29) is 0 Å². The van der Waals surface area contributed by atoms with Gasteiger partial charge in [0, 0.05) is 26.7 Å². The first-order chi connectivity index (χ1) is 10.8. The van der Waals surface area contributed by atoms with Crippen LogP contribution in [0.1, 0.15) is 40.0 Å². The van der Waals surface area contributed by atoms with Crippen LogP contribution in [-0.2, 0) is 23.7 Å². The summed E-state index contributed by atoms with van der Waals surface area (Å²) < 4.78 is 20.8. The molecule has 1 rings (SSSR count). The van der Waals surface area contributed by atoms with E-state index in [1.165, 1.54) is 12.0 Å². The van der Waals surface area contributed by atoms with Crippen LogP contribution in [0.4, 0.5) is 4.79 Å². The zero-order chi connectivity index (χ0) is 17.5. The van der Waals surface area contributed by atoms with Gasteiger partial charge in [0.15, 0.2) is 0 Å². The average molecular weight is 331 g/mol. The van der Waals surface area contributed by atoms with Crippen molar-refractivity contribution in [2.45, 2.75) is 51.2 Å². The zero-order valence-corrected chi connectivity index (χ0v) is 14.8. The number of hydrogen-bond acceptors (Lipinski definition) is 6. The molecule has 1 heterocycles. The first-order valence-corrected chi connectivity index (χ1v) is 7.92. The number of hydrogen-bond donors (Lipinski definition) is 0.